The second kappa shape index (κ2) is 7.05. The van der Waals surface area contributed by atoms with Gasteiger partial charge in [0, 0.05) is 6.20 Å². The maximum atomic E-state index is 5.80. The molecule has 0 aliphatic rings. The van der Waals surface area contributed by atoms with E-state index in [-0.39, 0.29) is 0 Å². The van der Waals surface area contributed by atoms with Gasteiger partial charge in [-0.3, -0.25) is 0 Å². The Labute approximate surface area is 145 Å². The summed E-state index contributed by atoms with van der Waals surface area (Å²) in [4.78, 5) is 8.67. The highest BCUT2D eigenvalue weighted by Gasteiger charge is 2.03. The summed E-state index contributed by atoms with van der Waals surface area (Å²) < 4.78 is 13.6. The first-order valence-corrected chi connectivity index (χ1v) is 8.10. The largest absolute Gasteiger partial charge is 0.492 e. The van der Waals surface area contributed by atoms with Crippen LogP contribution in [0.4, 0.5) is 0 Å². The average molecular weight is 331 g/mol. The smallest absolute Gasteiger partial charge is 0.159 e. The third kappa shape index (κ3) is 3.61. The summed E-state index contributed by atoms with van der Waals surface area (Å²) in [6.07, 6.45) is 3.56. The number of rotatable bonds is 6. The van der Waals surface area contributed by atoms with Gasteiger partial charge in [0.25, 0.3) is 0 Å². The molecular weight excluding hydrogens is 314 g/mol. The van der Waals surface area contributed by atoms with E-state index in [1.165, 1.54) is 0 Å². The van der Waals surface area contributed by atoms with Crippen LogP contribution in [0.1, 0.15) is 0 Å². The van der Waals surface area contributed by atoms with Gasteiger partial charge < -0.3 is 14.0 Å². The van der Waals surface area contributed by atoms with E-state index < -0.39 is 0 Å². The summed E-state index contributed by atoms with van der Waals surface area (Å²) in [5.74, 6) is 2.40. The first kappa shape index (κ1) is 15.2. The summed E-state index contributed by atoms with van der Waals surface area (Å²) in [7, 11) is 0. The fourth-order valence-corrected chi connectivity index (χ4v) is 2.55. The third-order valence-electron chi connectivity index (χ3n) is 3.78. The van der Waals surface area contributed by atoms with Crippen molar-refractivity contribution in [2.75, 3.05) is 6.61 Å². The SMILES string of the molecule is c1ccc(Oc2ccc(OCCn3cnc4cccnc43)cc2)cc1. The van der Waals surface area contributed by atoms with E-state index in [1.807, 2.05) is 71.3 Å². The zero-order valence-corrected chi connectivity index (χ0v) is 13.6. The van der Waals surface area contributed by atoms with Gasteiger partial charge in [-0.05, 0) is 48.5 Å². The second-order valence-electron chi connectivity index (χ2n) is 5.52. The normalized spacial score (nSPS) is 10.7. The van der Waals surface area contributed by atoms with Gasteiger partial charge in [0.1, 0.15) is 29.4 Å². The molecule has 5 heteroatoms. The molecule has 0 N–H and O–H groups in total. The van der Waals surface area contributed by atoms with Crippen LogP contribution in [0.25, 0.3) is 11.2 Å². The molecule has 0 spiro atoms. The van der Waals surface area contributed by atoms with Crippen LogP contribution >= 0.6 is 0 Å². The molecule has 4 rings (SSSR count). The van der Waals surface area contributed by atoms with Crippen LogP contribution in [0, 0.1) is 0 Å². The van der Waals surface area contributed by atoms with Crippen LogP contribution in [0.2, 0.25) is 0 Å². The van der Waals surface area contributed by atoms with E-state index in [0.29, 0.717) is 13.2 Å². The molecular formula is C20H17N3O2. The fraction of sp³-hybridized carbons (Fsp3) is 0.100. The molecule has 0 radical (unpaired) electrons. The zero-order chi connectivity index (χ0) is 16.9. The zero-order valence-electron chi connectivity index (χ0n) is 13.6. The minimum Gasteiger partial charge on any atom is -0.492 e. The molecule has 0 amide bonds. The summed E-state index contributed by atoms with van der Waals surface area (Å²) >= 11 is 0. The van der Waals surface area contributed by atoms with Crippen molar-refractivity contribution in [2.24, 2.45) is 0 Å². The Kier molecular flexibility index (Phi) is 4.29. The molecule has 124 valence electrons. The average Bonchev–Trinajstić information content (AvgIpc) is 3.07. The lowest BCUT2D eigenvalue weighted by Crippen LogP contribution is -2.07. The van der Waals surface area contributed by atoms with Gasteiger partial charge in [0.15, 0.2) is 5.65 Å². The van der Waals surface area contributed by atoms with E-state index in [9.17, 15) is 0 Å². The van der Waals surface area contributed by atoms with Crippen LogP contribution in [0.3, 0.4) is 0 Å². The first-order valence-electron chi connectivity index (χ1n) is 8.10. The highest BCUT2D eigenvalue weighted by molar-refractivity contribution is 5.69. The van der Waals surface area contributed by atoms with Crippen molar-refractivity contribution in [3.63, 3.8) is 0 Å². The van der Waals surface area contributed by atoms with Crippen molar-refractivity contribution < 1.29 is 9.47 Å². The Hall–Kier alpha value is -3.34. The Morgan fingerprint density at radius 2 is 1.52 bits per heavy atom. The second-order valence-corrected chi connectivity index (χ2v) is 5.52. The standard InChI is InChI=1S/C20H17N3O2/c1-2-5-17(6-3-1)25-18-10-8-16(9-11-18)24-14-13-23-15-22-19-7-4-12-21-20(19)23/h1-12,15H,13-14H2. The van der Waals surface area contributed by atoms with Crippen molar-refractivity contribution >= 4 is 11.2 Å². The predicted molar refractivity (Wildman–Crippen MR) is 96.0 cm³/mol. The van der Waals surface area contributed by atoms with Gasteiger partial charge in [0.05, 0.1) is 12.9 Å². The van der Waals surface area contributed by atoms with E-state index in [1.54, 1.807) is 12.5 Å². The molecule has 0 bridgehead atoms. The fourth-order valence-electron chi connectivity index (χ4n) is 2.55. The monoisotopic (exact) mass is 331 g/mol. The molecule has 2 heterocycles. The van der Waals surface area contributed by atoms with Gasteiger partial charge in [0.2, 0.25) is 0 Å². The number of fused-ring (bicyclic) bond motifs is 1. The van der Waals surface area contributed by atoms with Gasteiger partial charge in [-0.25, -0.2) is 9.97 Å². The molecule has 0 saturated heterocycles. The van der Waals surface area contributed by atoms with Crippen LogP contribution in [0.5, 0.6) is 17.2 Å². The molecule has 25 heavy (non-hydrogen) atoms. The van der Waals surface area contributed by atoms with Crippen LogP contribution in [-0.2, 0) is 6.54 Å². The molecule has 2 aromatic heterocycles. The van der Waals surface area contributed by atoms with Crippen LogP contribution in [-0.4, -0.2) is 21.1 Å². The van der Waals surface area contributed by atoms with E-state index in [0.717, 1.165) is 28.4 Å². The number of pyridine rings is 1. The lowest BCUT2D eigenvalue weighted by atomic mass is 10.3. The molecule has 5 nitrogen and oxygen atoms in total. The van der Waals surface area contributed by atoms with Gasteiger partial charge in [-0.1, -0.05) is 18.2 Å². The number of aromatic nitrogens is 3. The molecule has 2 aromatic carbocycles. The van der Waals surface area contributed by atoms with E-state index >= 15 is 0 Å². The number of para-hydroxylation sites is 1. The summed E-state index contributed by atoms with van der Waals surface area (Å²) in [5, 5.41) is 0. The third-order valence-corrected chi connectivity index (χ3v) is 3.78. The highest BCUT2D eigenvalue weighted by Crippen LogP contribution is 2.23. The maximum Gasteiger partial charge on any atom is 0.159 e. The maximum absolute atomic E-state index is 5.80. The Morgan fingerprint density at radius 1 is 0.760 bits per heavy atom. The number of hydrogen-bond acceptors (Lipinski definition) is 4. The van der Waals surface area contributed by atoms with Gasteiger partial charge in [-0.15, -0.1) is 0 Å². The Bertz CT molecular complexity index is 950. The number of benzene rings is 2. The Balaban J connectivity index is 1.34. The van der Waals surface area contributed by atoms with Crippen LogP contribution in [0.15, 0.2) is 79.3 Å². The highest BCUT2D eigenvalue weighted by atomic mass is 16.5. The van der Waals surface area contributed by atoms with E-state index in [2.05, 4.69) is 9.97 Å². The van der Waals surface area contributed by atoms with Gasteiger partial charge in [-0.2, -0.15) is 0 Å². The molecule has 0 aliphatic heterocycles. The minimum atomic E-state index is 0.543. The lowest BCUT2D eigenvalue weighted by Gasteiger charge is -2.09. The first-order chi connectivity index (χ1) is 12.4. The van der Waals surface area contributed by atoms with E-state index in [4.69, 9.17) is 9.47 Å². The molecule has 0 atom stereocenters. The Morgan fingerprint density at radius 3 is 2.36 bits per heavy atom. The molecule has 0 unspecified atom stereocenters. The van der Waals surface area contributed by atoms with Crippen molar-refractivity contribution in [1.82, 2.24) is 14.5 Å². The van der Waals surface area contributed by atoms with Crippen molar-refractivity contribution in [3.8, 4) is 17.2 Å². The van der Waals surface area contributed by atoms with Crippen LogP contribution < -0.4 is 9.47 Å². The number of ether oxygens (including phenoxy) is 2. The quantitative estimate of drug-likeness (QED) is 0.528. The predicted octanol–water partition coefficient (Wildman–Crippen LogP) is 4.30. The molecule has 0 saturated carbocycles. The lowest BCUT2D eigenvalue weighted by molar-refractivity contribution is 0.299. The van der Waals surface area contributed by atoms with Crippen molar-refractivity contribution in [2.45, 2.75) is 6.54 Å². The number of nitrogens with zero attached hydrogens (tertiary/aromatic N) is 3. The summed E-state index contributed by atoms with van der Waals surface area (Å²) in [5.41, 5.74) is 1.77. The molecule has 0 fully saturated rings. The number of hydrogen-bond donors (Lipinski definition) is 0. The molecule has 0 aliphatic carbocycles. The van der Waals surface area contributed by atoms with Crippen molar-refractivity contribution in [3.05, 3.63) is 79.3 Å². The topological polar surface area (TPSA) is 49.2 Å². The molecule has 4 aromatic rings. The minimum absolute atomic E-state index is 0.543. The van der Waals surface area contributed by atoms with Gasteiger partial charge >= 0.3 is 0 Å². The number of imidazole rings is 1. The summed E-state index contributed by atoms with van der Waals surface area (Å²) in [6, 6.07) is 21.1. The summed E-state index contributed by atoms with van der Waals surface area (Å²) in [6.45, 7) is 1.23. The van der Waals surface area contributed by atoms with Crippen molar-refractivity contribution in [1.29, 1.82) is 0 Å².